The fourth-order valence-corrected chi connectivity index (χ4v) is 2.05. The van der Waals surface area contributed by atoms with Crippen molar-refractivity contribution in [1.82, 2.24) is 0 Å². The molecule has 0 unspecified atom stereocenters. The Morgan fingerprint density at radius 1 is 1.50 bits per heavy atom. The SMILES string of the molecule is COc1ccc(OCC2(CS)CC2)c([N+](=O)[O-])c1. The summed E-state index contributed by atoms with van der Waals surface area (Å²) in [7, 11) is 1.47. The highest BCUT2D eigenvalue weighted by Crippen LogP contribution is 2.47. The maximum absolute atomic E-state index is 11.0. The number of nitro benzene ring substituents is 1. The van der Waals surface area contributed by atoms with E-state index in [0.29, 0.717) is 12.4 Å². The van der Waals surface area contributed by atoms with Crippen LogP contribution < -0.4 is 9.47 Å². The van der Waals surface area contributed by atoms with Gasteiger partial charge in [-0.25, -0.2) is 0 Å². The van der Waals surface area contributed by atoms with Crippen LogP contribution >= 0.6 is 12.6 Å². The van der Waals surface area contributed by atoms with E-state index in [-0.39, 0.29) is 16.9 Å². The van der Waals surface area contributed by atoms with Crippen molar-refractivity contribution in [1.29, 1.82) is 0 Å². The molecule has 0 atom stereocenters. The van der Waals surface area contributed by atoms with Gasteiger partial charge in [0.2, 0.25) is 0 Å². The van der Waals surface area contributed by atoms with E-state index in [1.807, 2.05) is 0 Å². The van der Waals surface area contributed by atoms with Crippen LogP contribution in [0.3, 0.4) is 0 Å². The van der Waals surface area contributed by atoms with Gasteiger partial charge >= 0.3 is 5.69 Å². The monoisotopic (exact) mass is 269 g/mol. The molecule has 0 aromatic heterocycles. The molecular weight excluding hydrogens is 254 g/mol. The lowest BCUT2D eigenvalue weighted by Gasteiger charge is -2.13. The highest BCUT2D eigenvalue weighted by molar-refractivity contribution is 7.80. The third-order valence-corrected chi connectivity index (χ3v) is 3.86. The maximum atomic E-state index is 11.0. The molecule has 0 aliphatic heterocycles. The fourth-order valence-electron chi connectivity index (χ4n) is 1.64. The lowest BCUT2D eigenvalue weighted by molar-refractivity contribution is -0.386. The van der Waals surface area contributed by atoms with Crippen LogP contribution in [0, 0.1) is 15.5 Å². The molecule has 0 spiro atoms. The number of rotatable bonds is 6. The van der Waals surface area contributed by atoms with Gasteiger partial charge in [-0.1, -0.05) is 0 Å². The number of benzene rings is 1. The zero-order chi connectivity index (χ0) is 13.2. The predicted molar refractivity (Wildman–Crippen MR) is 70.7 cm³/mol. The van der Waals surface area contributed by atoms with Crippen molar-refractivity contribution in [2.24, 2.45) is 5.41 Å². The Morgan fingerprint density at radius 2 is 2.22 bits per heavy atom. The molecule has 18 heavy (non-hydrogen) atoms. The lowest BCUT2D eigenvalue weighted by atomic mass is 10.1. The first kappa shape index (κ1) is 13.0. The summed E-state index contributed by atoms with van der Waals surface area (Å²) in [6, 6.07) is 4.60. The van der Waals surface area contributed by atoms with Gasteiger partial charge in [-0.05, 0) is 30.7 Å². The Morgan fingerprint density at radius 3 is 2.72 bits per heavy atom. The average Bonchev–Trinajstić information content (AvgIpc) is 3.16. The van der Waals surface area contributed by atoms with Gasteiger partial charge in [-0.15, -0.1) is 0 Å². The first-order valence-corrected chi connectivity index (χ1v) is 6.29. The van der Waals surface area contributed by atoms with E-state index in [2.05, 4.69) is 12.6 Å². The van der Waals surface area contributed by atoms with Crippen LogP contribution in [-0.4, -0.2) is 24.4 Å². The summed E-state index contributed by atoms with van der Waals surface area (Å²) in [6.45, 7) is 0.476. The molecule has 0 N–H and O–H groups in total. The topological polar surface area (TPSA) is 61.6 Å². The van der Waals surface area contributed by atoms with Crippen LogP contribution in [0.1, 0.15) is 12.8 Å². The Bertz CT molecular complexity index is 459. The summed E-state index contributed by atoms with van der Waals surface area (Å²) in [5.41, 5.74) is 0.0426. The smallest absolute Gasteiger partial charge is 0.314 e. The van der Waals surface area contributed by atoms with Crippen LogP contribution in [-0.2, 0) is 0 Å². The highest BCUT2D eigenvalue weighted by Gasteiger charge is 2.42. The molecule has 1 aliphatic rings. The normalized spacial score (nSPS) is 16.1. The Labute approximate surface area is 111 Å². The molecule has 0 amide bonds. The maximum Gasteiger partial charge on any atom is 0.314 e. The van der Waals surface area contributed by atoms with Gasteiger partial charge < -0.3 is 9.47 Å². The zero-order valence-corrected chi connectivity index (χ0v) is 11.0. The summed E-state index contributed by atoms with van der Waals surface area (Å²) < 4.78 is 10.5. The Balaban J connectivity index is 2.14. The van der Waals surface area contributed by atoms with Gasteiger partial charge in [0.05, 0.1) is 24.7 Å². The van der Waals surface area contributed by atoms with Gasteiger partial charge in [0.1, 0.15) is 5.75 Å². The molecule has 0 heterocycles. The van der Waals surface area contributed by atoms with E-state index in [1.165, 1.54) is 13.2 Å². The molecule has 0 saturated heterocycles. The molecule has 0 bridgehead atoms. The molecule has 0 radical (unpaired) electrons. The highest BCUT2D eigenvalue weighted by atomic mass is 32.1. The number of thiol groups is 1. The molecule has 1 aliphatic carbocycles. The molecule has 1 fully saturated rings. The van der Waals surface area contributed by atoms with Gasteiger partial charge in [0.25, 0.3) is 0 Å². The number of hydrogen-bond donors (Lipinski definition) is 1. The molecule has 98 valence electrons. The van der Waals surface area contributed by atoms with E-state index in [4.69, 9.17) is 9.47 Å². The number of nitro groups is 1. The molecule has 1 aromatic rings. The summed E-state index contributed by atoms with van der Waals surface area (Å²) >= 11 is 4.27. The van der Waals surface area contributed by atoms with Crippen molar-refractivity contribution >= 4 is 18.3 Å². The predicted octanol–water partition coefficient (Wildman–Crippen LogP) is 2.69. The molecule has 2 rings (SSSR count). The van der Waals surface area contributed by atoms with Gasteiger partial charge in [-0.2, -0.15) is 12.6 Å². The van der Waals surface area contributed by atoms with Gasteiger partial charge in [-0.3, -0.25) is 10.1 Å². The molecule has 1 aromatic carbocycles. The third-order valence-electron chi connectivity index (χ3n) is 3.19. The van der Waals surface area contributed by atoms with Crippen molar-refractivity contribution in [2.45, 2.75) is 12.8 Å². The summed E-state index contributed by atoms with van der Waals surface area (Å²) in [5, 5.41) is 11.0. The van der Waals surface area contributed by atoms with Gasteiger partial charge in [0.15, 0.2) is 5.75 Å². The van der Waals surface area contributed by atoms with Crippen LogP contribution in [0.25, 0.3) is 0 Å². The second-order valence-corrected chi connectivity index (χ2v) is 4.85. The van der Waals surface area contributed by atoms with Crippen LogP contribution in [0.2, 0.25) is 0 Å². The second-order valence-electron chi connectivity index (χ2n) is 4.54. The number of nitrogens with zero attached hydrogens (tertiary/aromatic N) is 1. The van der Waals surface area contributed by atoms with E-state index < -0.39 is 4.92 Å². The Kier molecular flexibility index (Phi) is 3.65. The van der Waals surface area contributed by atoms with E-state index >= 15 is 0 Å². The van der Waals surface area contributed by atoms with Crippen LogP contribution in [0.4, 0.5) is 5.69 Å². The van der Waals surface area contributed by atoms with Gasteiger partial charge in [0, 0.05) is 5.41 Å². The minimum Gasteiger partial charge on any atom is -0.496 e. The van der Waals surface area contributed by atoms with Crippen molar-refractivity contribution < 1.29 is 14.4 Å². The standard InChI is InChI=1S/C12H15NO4S/c1-16-9-2-3-11(10(6-9)13(14)15)17-7-12(8-18)4-5-12/h2-3,6,18H,4-5,7-8H2,1H3. The second kappa shape index (κ2) is 5.06. The summed E-state index contributed by atoms with van der Waals surface area (Å²) in [6.07, 6.45) is 2.14. The average molecular weight is 269 g/mol. The lowest BCUT2D eigenvalue weighted by Crippen LogP contribution is -2.15. The summed E-state index contributed by atoms with van der Waals surface area (Å²) in [5.74, 6) is 1.48. The summed E-state index contributed by atoms with van der Waals surface area (Å²) in [4.78, 5) is 10.5. The largest absolute Gasteiger partial charge is 0.496 e. The third kappa shape index (κ3) is 2.69. The quantitative estimate of drug-likeness (QED) is 0.490. The molecule has 1 saturated carbocycles. The van der Waals surface area contributed by atoms with Crippen molar-refractivity contribution in [3.8, 4) is 11.5 Å². The molecular formula is C12H15NO4S. The van der Waals surface area contributed by atoms with E-state index in [9.17, 15) is 10.1 Å². The minimum absolute atomic E-state index is 0.0654. The van der Waals surface area contributed by atoms with Crippen molar-refractivity contribution in [3.63, 3.8) is 0 Å². The van der Waals surface area contributed by atoms with Crippen molar-refractivity contribution in [3.05, 3.63) is 28.3 Å². The van der Waals surface area contributed by atoms with Crippen LogP contribution in [0.5, 0.6) is 11.5 Å². The number of hydrogen-bond acceptors (Lipinski definition) is 5. The van der Waals surface area contributed by atoms with E-state index in [0.717, 1.165) is 18.6 Å². The van der Waals surface area contributed by atoms with E-state index in [1.54, 1.807) is 12.1 Å². The Hall–Kier alpha value is -1.43. The van der Waals surface area contributed by atoms with Crippen LogP contribution in [0.15, 0.2) is 18.2 Å². The molecule has 5 nitrogen and oxygen atoms in total. The minimum atomic E-state index is -0.460. The number of methoxy groups -OCH3 is 1. The van der Waals surface area contributed by atoms with Crippen molar-refractivity contribution in [2.75, 3.05) is 19.5 Å². The fraction of sp³-hybridized carbons (Fsp3) is 0.500. The zero-order valence-electron chi connectivity index (χ0n) is 10.1. The first-order valence-electron chi connectivity index (χ1n) is 5.66. The first-order chi connectivity index (χ1) is 8.60. The number of ether oxygens (including phenoxy) is 2. The molecule has 6 heteroatoms.